The molecule has 0 heterocycles. The van der Waals surface area contributed by atoms with Gasteiger partial charge in [-0.15, -0.1) is 0 Å². The molecule has 0 aromatic rings. The molecule has 1 nitrogen and oxygen atoms in total. The summed E-state index contributed by atoms with van der Waals surface area (Å²) in [6, 6.07) is 0. The Bertz CT molecular complexity index is 8.00. The van der Waals surface area contributed by atoms with Crippen LogP contribution in [0.1, 0.15) is 0 Å². The zero-order valence-electron chi connectivity index (χ0n) is 2.06. The van der Waals surface area contributed by atoms with Crippen LogP contribution in [0.25, 0.3) is 0 Å². The summed E-state index contributed by atoms with van der Waals surface area (Å²) in [7, 11) is 0. The van der Waals surface area contributed by atoms with Crippen LogP contribution in [0, 0.1) is 0 Å². The summed E-state index contributed by atoms with van der Waals surface area (Å²) in [6.07, 6.45) is 0. The third kappa shape index (κ3) is 9.00. The van der Waals surface area contributed by atoms with E-state index in [1.165, 1.54) is 0 Å². The second kappa shape index (κ2) is 20.0. The third-order valence-corrected chi connectivity index (χ3v) is 0. The monoisotopic (exact) mass is 278 g/mol. The van der Waals surface area contributed by atoms with Gasteiger partial charge in [0.15, 0.2) is 0 Å². The van der Waals surface area contributed by atoms with E-state index in [-0.39, 0.29) is 43.2 Å². The van der Waals surface area contributed by atoms with Crippen LogP contribution in [0.3, 0.4) is 0 Å². The van der Waals surface area contributed by atoms with E-state index in [1.54, 1.807) is 0 Å². The Morgan fingerprint density at radius 1 is 1.25 bits per heavy atom. The van der Waals surface area contributed by atoms with Crippen LogP contribution in [0.2, 0.25) is 0 Å². The molecule has 0 aliphatic heterocycles. The Kier molecular flexibility index (Phi) is 83.3. The molecule has 0 bridgehead atoms. The van der Waals surface area contributed by atoms with Gasteiger partial charge in [0.2, 0.25) is 0 Å². The van der Waals surface area contributed by atoms with Gasteiger partial charge in [0, 0.05) is 43.2 Å². The molecule has 0 aliphatic rings. The Labute approximate surface area is 67.9 Å². The average molecular weight is 277 g/mol. The fourth-order valence-electron chi connectivity index (χ4n) is 0. The van der Waals surface area contributed by atoms with Gasteiger partial charge in [0.05, 0.1) is 0 Å². The van der Waals surface area contributed by atoms with Crippen molar-refractivity contribution in [1.29, 1.82) is 0 Å². The first-order chi connectivity index (χ1) is 1.00. The average Bonchev–Trinajstić information content (AvgIpc) is 1.00. The van der Waals surface area contributed by atoms with Gasteiger partial charge in [-0.3, -0.25) is 0 Å². The topological polar surface area (TPSA) is 17.1 Å². The molecule has 0 spiro atoms. The molecule has 0 N–H and O–H groups in total. The Morgan fingerprint density at radius 2 is 1.25 bits per heavy atom. The minimum absolute atomic E-state index is 0. The van der Waals surface area contributed by atoms with E-state index in [9.17, 15) is 0 Å². The van der Waals surface area contributed by atoms with Crippen molar-refractivity contribution in [2.45, 2.75) is 0 Å². The number of hydrogen-bond acceptors (Lipinski definition) is 1. The van der Waals surface area contributed by atoms with Crippen molar-refractivity contribution in [3.63, 3.8) is 0 Å². The van der Waals surface area contributed by atoms with E-state index in [1.807, 2.05) is 0 Å². The van der Waals surface area contributed by atoms with Crippen LogP contribution in [-0.4, -0.2) is 65.7 Å². The Morgan fingerprint density at radius 3 is 1.25 bits per heavy atom. The fourth-order valence-corrected chi connectivity index (χ4v) is 0. The molecule has 0 amide bonds. The molecule has 16 valence electrons. The molecule has 4 heteroatoms. The molecule has 0 atom stereocenters. The van der Waals surface area contributed by atoms with E-state index >= 15 is 0 Å². The van der Waals surface area contributed by atoms with Crippen LogP contribution < -0.4 is 0 Å². The second-order valence-corrected chi connectivity index (χ2v) is 0. The van der Waals surface area contributed by atoms with E-state index < -0.39 is 0 Å². The van der Waals surface area contributed by atoms with Crippen LogP contribution in [0.4, 0.5) is 0 Å². The zero-order chi connectivity index (χ0) is 2.00. The van der Waals surface area contributed by atoms with Gasteiger partial charge in [0.1, 0.15) is 0 Å². The molecule has 4 heavy (non-hydrogen) atoms. The van der Waals surface area contributed by atoms with E-state index in [0.717, 1.165) is 0 Å². The van der Waals surface area contributed by atoms with Crippen LogP contribution in [-0.2, 0) is 3.08 Å². The maximum atomic E-state index is 8.34. The summed E-state index contributed by atoms with van der Waals surface area (Å²) in [5.41, 5.74) is 0. The molecule has 0 unspecified atom stereocenters. The number of rotatable bonds is 0. The Hall–Kier alpha value is 2.00. The molecule has 8 radical (unpaired) electrons. The van der Waals surface area contributed by atoms with Crippen molar-refractivity contribution in [1.82, 2.24) is 0 Å². The van der Waals surface area contributed by atoms with Crippen LogP contribution >= 0.6 is 0 Å². The van der Waals surface area contributed by atoms with Gasteiger partial charge in [-0.25, -0.2) is 0 Å². The molecular weight excluding hydrogens is 277 g/mol. The summed E-state index contributed by atoms with van der Waals surface area (Å²) in [6.45, 7) is 0. The van der Waals surface area contributed by atoms with Crippen molar-refractivity contribution < 1.29 is 3.08 Å². The van der Waals surface area contributed by atoms with Gasteiger partial charge in [0.25, 0.3) is 0 Å². The zero-order valence-corrected chi connectivity index (χ0v) is 9.37. The molecule has 0 saturated heterocycles. The predicted octanol–water partition coefficient (Wildman–Crippen LogP) is -1.26. The summed E-state index contributed by atoms with van der Waals surface area (Å²) in [4.78, 5) is 0. The van der Waals surface area contributed by atoms with E-state index in [4.69, 9.17) is 3.08 Å². The SMILES string of the molecule is [Al].[In].[O]=[Sn]. The van der Waals surface area contributed by atoms with Crippen molar-refractivity contribution in [3.8, 4) is 0 Å². The van der Waals surface area contributed by atoms with E-state index in [2.05, 4.69) is 0 Å². The van der Waals surface area contributed by atoms with E-state index in [0.29, 0.717) is 22.5 Å². The molecule has 0 aliphatic carbocycles. The maximum absolute atomic E-state index is 8.34. The van der Waals surface area contributed by atoms with Gasteiger partial charge < -0.3 is 0 Å². The normalized spacial score (nSPS) is 1.00. The molecule has 0 fully saturated rings. The Balaban J connectivity index is -0.00000000500. The summed E-state index contributed by atoms with van der Waals surface area (Å²) >= 11 is 0.300. The molecule has 0 aromatic carbocycles. The first-order valence-corrected chi connectivity index (χ1v) is 1.37. The second-order valence-electron chi connectivity index (χ2n) is 0. The van der Waals surface area contributed by atoms with Gasteiger partial charge in [-0.2, -0.15) is 0 Å². The summed E-state index contributed by atoms with van der Waals surface area (Å²) in [5, 5.41) is 0. The predicted molar refractivity (Wildman–Crippen MR) is 17.9 cm³/mol. The van der Waals surface area contributed by atoms with Crippen molar-refractivity contribution in [2.24, 2.45) is 0 Å². The van der Waals surface area contributed by atoms with Gasteiger partial charge in [-0.1, -0.05) is 0 Å². The quantitative estimate of drug-likeness (QED) is 0.505. The minimum atomic E-state index is 0. The summed E-state index contributed by atoms with van der Waals surface area (Å²) < 4.78 is 8.34. The molecular formula is AlInOSn. The molecule has 0 aromatic heterocycles. The fraction of sp³-hybridized carbons (Fsp3) is 0. The molecule has 0 saturated carbocycles. The third-order valence-electron chi connectivity index (χ3n) is 0. The molecule has 0 rings (SSSR count). The number of hydrogen-bond donors (Lipinski definition) is 0. The van der Waals surface area contributed by atoms with Gasteiger partial charge in [-0.05, 0) is 0 Å². The van der Waals surface area contributed by atoms with Crippen LogP contribution in [0.5, 0.6) is 0 Å². The van der Waals surface area contributed by atoms with Crippen molar-refractivity contribution >= 4 is 65.7 Å². The first kappa shape index (κ1) is 16.7. The summed E-state index contributed by atoms with van der Waals surface area (Å²) in [5.74, 6) is 0. The van der Waals surface area contributed by atoms with Crippen molar-refractivity contribution in [3.05, 3.63) is 0 Å². The van der Waals surface area contributed by atoms with Crippen LogP contribution in [0.15, 0.2) is 0 Å². The standard InChI is InChI=1S/Al.In.O.Sn. The van der Waals surface area contributed by atoms with Gasteiger partial charge >= 0.3 is 25.6 Å². The first-order valence-electron chi connectivity index (χ1n) is 0.204. The van der Waals surface area contributed by atoms with Crippen molar-refractivity contribution in [2.75, 3.05) is 0 Å².